The van der Waals surface area contributed by atoms with E-state index < -0.39 is 24.3 Å². The summed E-state index contributed by atoms with van der Waals surface area (Å²) in [5.74, 6) is -2.05. The summed E-state index contributed by atoms with van der Waals surface area (Å²) in [6.45, 7) is 4.72. The van der Waals surface area contributed by atoms with Crippen LogP contribution in [0.25, 0.3) is 0 Å². The van der Waals surface area contributed by atoms with Gasteiger partial charge in [0.25, 0.3) is 6.29 Å². The fraction of sp³-hybridized carbons (Fsp3) is 0.689. The van der Waals surface area contributed by atoms with Gasteiger partial charge in [-0.1, -0.05) is 270 Å². The summed E-state index contributed by atoms with van der Waals surface area (Å²) in [4.78, 5) is 37.6. The molecule has 0 aliphatic carbocycles. The second kappa shape index (κ2) is 63.7. The molecule has 0 heterocycles. The highest BCUT2D eigenvalue weighted by Crippen LogP contribution is 2.16. The smallest absolute Gasteiger partial charge is 0.361 e. The van der Waals surface area contributed by atoms with Gasteiger partial charge in [-0.3, -0.25) is 9.59 Å². The lowest BCUT2D eigenvalue weighted by Crippen LogP contribution is -2.40. The van der Waals surface area contributed by atoms with Gasteiger partial charge in [0, 0.05) is 12.8 Å². The van der Waals surface area contributed by atoms with Crippen LogP contribution in [-0.4, -0.2) is 87.4 Å². The molecule has 0 aromatic carbocycles. The molecule has 2 unspecified atom stereocenters. The van der Waals surface area contributed by atoms with Crippen LogP contribution in [0.2, 0.25) is 0 Å². The Balaban J connectivity index is 4.19. The first-order valence-electron chi connectivity index (χ1n) is 33.7. The van der Waals surface area contributed by atoms with E-state index in [-0.39, 0.29) is 38.6 Å². The van der Waals surface area contributed by atoms with Crippen molar-refractivity contribution < 1.29 is 42.9 Å². The molecule has 9 nitrogen and oxygen atoms in total. The molecule has 0 rings (SSSR count). The van der Waals surface area contributed by atoms with E-state index in [2.05, 4.69) is 135 Å². The molecule has 474 valence electrons. The van der Waals surface area contributed by atoms with Crippen molar-refractivity contribution in [2.75, 3.05) is 47.5 Å². The average molecular weight is 1160 g/mol. The number of likely N-dealkylation sites (N-methyl/N-ethyl adjacent to an activating group) is 1. The highest BCUT2D eigenvalue weighted by atomic mass is 16.7. The van der Waals surface area contributed by atoms with Crippen molar-refractivity contribution in [3.63, 3.8) is 0 Å². The Morgan fingerprint density at radius 2 is 0.687 bits per heavy atom. The number of aliphatic carboxylic acids is 1. The van der Waals surface area contributed by atoms with Crippen LogP contribution in [0.3, 0.4) is 0 Å². The van der Waals surface area contributed by atoms with E-state index in [9.17, 15) is 19.5 Å². The van der Waals surface area contributed by atoms with Crippen molar-refractivity contribution >= 4 is 17.9 Å². The summed E-state index contributed by atoms with van der Waals surface area (Å²) < 4.78 is 22.9. The summed E-state index contributed by atoms with van der Waals surface area (Å²) >= 11 is 0. The molecule has 0 saturated carbocycles. The Hall–Kier alpha value is -4.31. The van der Waals surface area contributed by atoms with E-state index in [4.69, 9.17) is 18.9 Å². The number of esters is 2. The second-order valence-electron chi connectivity index (χ2n) is 23.4. The molecule has 0 aliphatic rings. The topological polar surface area (TPSA) is 108 Å². The molecule has 9 heteroatoms. The molecule has 0 aliphatic heterocycles. The Morgan fingerprint density at radius 1 is 0.373 bits per heavy atom. The monoisotopic (exact) mass is 1160 g/mol. The summed E-state index contributed by atoms with van der Waals surface area (Å²) in [5, 5.41) is 9.73. The number of carbonyl (C=O) groups is 3. The maximum absolute atomic E-state index is 12.9. The molecule has 2 atom stereocenters. The molecule has 0 radical (unpaired) electrons. The number of carboxylic acids is 1. The van der Waals surface area contributed by atoms with Gasteiger partial charge in [-0.15, -0.1) is 0 Å². The minimum absolute atomic E-state index is 0.175. The van der Waals surface area contributed by atoms with E-state index in [1.807, 2.05) is 21.1 Å². The van der Waals surface area contributed by atoms with E-state index >= 15 is 0 Å². The van der Waals surface area contributed by atoms with Crippen molar-refractivity contribution in [3.8, 4) is 0 Å². The lowest BCUT2D eigenvalue weighted by molar-refractivity contribution is -0.870. The number of nitrogens with zero attached hydrogens (tertiary/aromatic N) is 1. The second-order valence-corrected chi connectivity index (χ2v) is 23.4. The zero-order valence-electron chi connectivity index (χ0n) is 54.1. The first kappa shape index (κ1) is 78.7. The van der Waals surface area contributed by atoms with Gasteiger partial charge in [-0.2, -0.15) is 0 Å². The lowest BCUT2D eigenvalue weighted by atomic mass is 10.0. The van der Waals surface area contributed by atoms with Crippen molar-refractivity contribution in [1.82, 2.24) is 0 Å². The number of carboxylic acid groups (broad SMARTS) is 1. The third-order valence-corrected chi connectivity index (χ3v) is 14.2. The van der Waals surface area contributed by atoms with Crippen LogP contribution in [0.15, 0.2) is 122 Å². The van der Waals surface area contributed by atoms with Crippen LogP contribution in [0.1, 0.15) is 271 Å². The standard InChI is InChI=1S/C74H125NO8/c1-6-8-10-12-14-16-18-20-22-24-26-28-30-32-33-34-35-36-37-38-39-41-42-44-46-48-50-52-54-56-58-60-62-64-71(76)81-68-70(69-82-74(73(78)79)80-67-66-75(3,4)5)83-72(77)65-63-61-59-57-55-53-51-49-47-45-43-40-31-29-27-25-23-21-19-17-15-13-11-9-7-2/h9,11,15,17-18,20-21,23-24,26-27,29-30,32,40,43,47,49,53,55,70,74H,6-8,10,12-14,16,19,22,25,28,31,33-39,41-42,44-46,48,50-52,54,56-69H2,1-5H3/p+1/b11-9-,17-15-,20-18-,23-21-,26-24-,29-27-,32-30-,43-40-,49-47-,55-53-. The Morgan fingerprint density at radius 3 is 1.04 bits per heavy atom. The van der Waals surface area contributed by atoms with E-state index in [1.54, 1.807) is 0 Å². The van der Waals surface area contributed by atoms with Crippen LogP contribution in [-0.2, 0) is 33.3 Å². The van der Waals surface area contributed by atoms with Crippen LogP contribution in [0.5, 0.6) is 0 Å². The fourth-order valence-electron chi connectivity index (χ4n) is 9.06. The van der Waals surface area contributed by atoms with Gasteiger partial charge < -0.3 is 28.5 Å². The molecule has 1 N–H and O–H groups in total. The Labute approximate surface area is 510 Å². The van der Waals surface area contributed by atoms with Crippen molar-refractivity contribution in [2.24, 2.45) is 0 Å². The van der Waals surface area contributed by atoms with Crippen LogP contribution >= 0.6 is 0 Å². The molecular formula is C74H126NO8+. The maximum atomic E-state index is 12.9. The third kappa shape index (κ3) is 65.1. The zero-order valence-corrected chi connectivity index (χ0v) is 54.1. The number of unbranched alkanes of at least 4 members (excludes halogenated alkanes) is 26. The highest BCUT2D eigenvalue weighted by Gasteiger charge is 2.25. The van der Waals surface area contributed by atoms with Gasteiger partial charge in [-0.25, -0.2) is 4.79 Å². The average Bonchev–Trinajstić information content (AvgIpc) is 3.46. The predicted octanol–water partition coefficient (Wildman–Crippen LogP) is 20.8. The molecule has 0 saturated heterocycles. The quantitative estimate of drug-likeness (QED) is 0.0211. The molecule has 0 aromatic heterocycles. The van der Waals surface area contributed by atoms with E-state index in [0.717, 1.165) is 96.3 Å². The molecule has 0 spiro atoms. The minimum atomic E-state index is -1.53. The number of hydrogen-bond donors (Lipinski definition) is 1. The number of hydrogen-bond acceptors (Lipinski definition) is 7. The Bertz CT molecular complexity index is 1780. The number of ether oxygens (including phenoxy) is 4. The minimum Gasteiger partial charge on any atom is -0.477 e. The fourth-order valence-corrected chi connectivity index (χ4v) is 9.06. The van der Waals surface area contributed by atoms with E-state index in [0.29, 0.717) is 17.4 Å². The van der Waals surface area contributed by atoms with Gasteiger partial charge in [-0.05, 0) is 109 Å². The predicted molar refractivity (Wildman–Crippen MR) is 354 cm³/mol. The molecule has 0 fully saturated rings. The van der Waals surface area contributed by atoms with Crippen LogP contribution in [0, 0.1) is 0 Å². The molecule has 0 amide bonds. The lowest BCUT2D eigenvalue weighted by Gasteiger charge is -2.25. The molecule has 0 aromatic rings. The van der Waals surface area contributed by atoms with Crippen molar-refractivity contribution in [3.05, 3.63) is 122 Å². The van der Waals surface area contributed by atoms with Gasteiger partial charge in [0.2, 0.25) is 0 Å². The van der Waals surface area contributed by atoms with Crippen molar-refractivity contribution in [1.29, 1.82) is 0 Å². The Kier molecular flexibility index (Phi) is 60.4. The van der Waals surface area contributed by atoms with Gasteiger partial charge >= 0.3 is 17.9 Å². The number of rotatable bonds is 61. The summed E-state index contributed by atoms with van der Waals surface area (Å²) in [5.41, 5.74) is 0. The first-order chi connectivity index (χ1) is 40.6. The largest absolute Gasteiger partial charge is 0.477 e. The van der Waals surface area contributed by atoms with Crippen LogP contribution < -0.4 is 0 Å². The summed E-state index contributed by atoms with van der Waals surface area (Å²) in [7, 11) is 5.96. The SMILES string of the molecule is CC/C=C\C/C=C\C/C=C\C/C=C\C/C=C\C/C=C\C/C=C\CCCCCC(=O)OC(COC(=O)CCCCCCCCCCCCCCCCCCCC/C=C\C/C=C\C/C=C\CCCCCCC)COC(OCC[N+](C)(C)C)C(=O)O. The first-order valence-corrected chi connectivity index (χ1v) is 33.7. The molecular weight excluding hydrogens is 1030 g/mol. The van der Waals surface area contributed by atoms with Crippen LogP contribution in [0.4, 0.5) is 0 Å². The number of allylic oxidation sites excluding steroid dienone is 20. The highest BCUT2D eigenvalue weighted by molar-refractivity contribution is 5.71. The van der Waals surface area contributed by atoms with Gasteiger partial charge in [0.05, 0.1) is 34.4 Å². The van der Waals surface area contributed by atoms with Gasteiger partial charge in [0.1, 0.15) is 13.2 Å². The zero-order chi connectivity index (χ0) is 60.5. The van der Waals surface area contributed by atoms with Crippen molar-refractivity contribution in [2.45, 2.75) is 283 Å². The van der Waals surface area contributed by atoms with E-state index in [1.165, 1.54) is 141 Å². The number of quaternary nitrogens is 1. The molecule has 83 heavy (non-hydrogen) atoms. The normalized spacial score (nSPS) is 13.5. The maximum Gasteiger partial charge on any atom is 0.361 e. The molecule has 0 bridgehead atoms. The summed E-state index contributed by atoms with van der Waals surface area (Å²) in [6.07, 6.45) is 87.3. The number of carbonyl (C=O) groups excluding carboxylic acids is 2. The summed E-state index contributed by atoms with van der Waals surface area (Å²) in [6, 6.07) is 0. The van der Waals surface area contributed by atoms with Gasteiger partial charge in [0.15, 0.2) is 6.10 Å². The third-order valence-electron chi connectivity index (χ3n) is 14.2.